The lowest BCUT2D eigenvalue weighted by atomic mass is 9.80. The number of ether oxygens (including phenoxy) is 1. The van der Waals surface area contributed by atoms with Crippen LogP contribution in [0.2, 0.25) is 0 Å². The first-order valence-electron chi connectivity index (χ1n) is 6.71. The molecule has 1 saturated heterocycles. The molecule has 1 aliphatic heterocycles. The second kappa shape index (κ2) is 5.61. The first-order valence-corrected chi connectivity index (χ1v) is 6.71. The predicted octanol–water partition coefficient (Wildman–Crippen LogP) is 1.77. The molecule has 1 fully saturated rings. The van der Waals surface area contributed by atoms with Crippen molar-refractivity contribution >= 4 is 12.6 Å². The number of rotatable bonds is 4. The number of pyridine rings is 1. The maximum atomic E-state index is 6.03. The zero-order valence-electron chi connectivity index (χ0n) is 12.3. The van der Waals surface area contributed by atoms with E-state index in [9.17, 15) is 0 Å². The molecule has 19 heavy (non-hydrogen) atoms. The minimum Gasteiger partial charge on any atom is -0.401 e. The van der Waals surface area contributed by atoms with Gasteiger partial charge in [-0.15, -0.1) is 0 Å². The summed E-state index contributed by atoms with van der Waals surface area (Å²) in [7, 11) is 1.33. The number of nitrogens with zero attached hydrogens (tertiary/aromatic N) is 1. The van der Waals surface area contributed by atoms with Crippen molar-refractivity contribution in [3.05, 3.63) is 24.0 Å². The number of hydrogen-bond acceptors (Lipinski definition) is 4. The van der Waals surface area contributed by atoms with Crippen LogP contribution < -0.4 is 5.46 Å². The standard InChI is InChI=1S/C14H22BNO3/c1-10(2)13-14(3,4)19-15(18-13)11-6-7-12(9-17-5)16-8-11/h6-8,10,13H,9H2,1-5H3. The molecule has 0 amide bonds. The van der Waals surface area contributed by atoms with E-state index in [1.807, 2.05) is 12.1 Å². The fraction of sp³-hybridized carbons (Fsp3) is 0.643. The Labute approximate surface area is 115 Å². The minimum atomic E-state index is -0.327. The van der Waals surface area contributed by atoms with Crippen molar-refractivity contribution < 1.29 is 14.0 Å². The van der Waals surface area contributed by atoms with E-state index in [1.165, 1.54) is 0 Å². The molecule has 0 radical (unpaired) electrons. The van der Waals surface area contributed by atoms with Gasteiger partial charge in [-0.05, 0) is 25.8 Å². The molecule has 0 spiro atoms. The molecule has 1 aliphatic rings. The Morgan fingerprint density at radius 2 is 2.16 bits per heavy atom. The quantitative estimate of drug-likeness (QED) is 0.776. The maximum absolute atomic E-state index is 6.03. The summed E-state index contributed by atoms with van der Waals surface area (Å²) in [5.41, 5.74) is 1.59. The number of hydrogen-bond donors (Lipinski definition) is 0. The van der Waals surface area contributed by atoms with Crippen LogP contribution >= 0.6 is 0 Å². The molecule has 0 aromatic carbocycles. The van der Waals surface area contributed by atoms with Crippen LogP contribution in [0.5, 0.6) is 0 Å². The Bertz CT molecular complexity index is 419. The molecule has 0 N–H and O–H groups in total. The average molecular weight is 263 g/mol. The van der Waals surface area contributed by atoms with Crippen LogP contribution in [0.1, 0.15) is 33.4 Å². The zero-order valence-corrected chi connectivity index (χ0v) is 12.3. The number of aromatic nitrogens is 1. The first-order chi connectivity index (χ1) is 8.94. The SMILES string of the molecule is COCc1ccc(B2OC(C(C)C)C(C)(C)O2)cn1. The third-order valence-electron chi connectivity index (χ3n) is 3.38. The summed E-state index contributed by atoms with van der Waals surface area (Å²) >= 11 is 0. The van der Waals surface area contributed by atoms with Gasteiger partial charge in [0.2, 0.25) is 0 Å². The average Bonchev–Trinajstić information content (AvgIpc) is 2.66. The van der Waals surface area contributed by atoms with E-state index in [2.05, 4.69) is 32.7 Å². The van der Waals surface area contributed by atoms with Crippen LogP contribution in [0.3, 0.4) is 0 Å². The fourth-order valence-corrected chi connectivity index (χ4v) is 2.58. The molecule has 4 nitrogen and oxygen atoms in total. The Hall–Kier alpha value is -0.905. The predicted molar refractivity (Wildman–Crippen MR) is 75.2 cm³/mol. The van der Waals surface area contributed by atoms with Gasteiger partial charge in [0.1, 0.15) is 0 Å². The Morgan fingerprint density at radius 1 is 1.42 bits per heavy atom. The normalized spacial score (nSPS) is 22.2. The summed E-state index contributed by atoms with van der Waals surface area (Å²) in [6, 6.07) is 3.94. The summed E-state index contributed by atoms with van der Waals surface area (Å²) in [6.45, 7) is 8.97. The Balaban J connectivity index is 2.11. The van der Waals surface area contributed by atoms with Gasteiger partial charge in [0, 0.05) is 18.8 Å². The van der Waals surface area contributed by atoms with Gasteiger partial charge in [-0.1, -0.05) is 19.9 Å². The van der Waals surface area contributed by atoms with E-state index >= 15 is 0 Å². The monoisotopic (exact) mass is 263 g/mol. The van der Waals surface area contributed by atoms with E-state index in [4.69, 9.17) is 14.0 Å². The minimum absolute atomic E-state index is 0.0937. The van der Waals surface area contributed by atoms with Gasteiger partial charge >= 0.3 is 7.12 Å². The van der Waals surface area contributed by atoms with Gasteiger partial charge in [0.05, 0.1) is 24.0 Å². The third kappa shape index (κ3) is 3.16. The molecule has 2 rings (SSSR count). The van der Waals surface area contributed by atoms with Crippen LogP contribution in [0.25, 0.3) is 0 Å². The maximum Gasteiger partial charge on any atom is 0.496 e. The molecule has 1 atom stereocenters. The molecule has 0 bridgehead atoms. The highest BCUT2D eigenvalue weighted by Gasteiger charge is 2.47. The molecule has 1 unspecified atom stereocenters. The lowest BCUT2D eigenvalue weighted by molar-refractivity contribution is 0.0438. The van der Waals surface area contributed by atoms with E-state index in [-0.39, 0.29) is 18.8 Å². The molecule has 2 heterocycles. The Morgan fingerprint density at radius 3 is 2.63 bits per heavy atom. The van der Waals surface area contributed by atoms with Crippen LogP contribution in [0.4, 0.5) is 0 Å². The molecule has 5 heteroatoms. The van der Waals surface area contributed by atoms with Gasteiger partial charge in [-0.2, -0.15) is 0 Å². The third-order valence-corrected chi connectivity index (χ3v) is 3.38. The second-order valence-corrected chi connectivity index (χ2v) is 5.87. The van der Waals surface area contributed by atoms with Crippen LogP contribution in [0.15, 0.2) is 18.3 Å². The van der Waals surface area contributed by atoms with Crippen LogP contribution in [-0.4, -0.2) is 30.9 Å². The second-order valence-electron chi connectivity index (χ2n) is 5.87. The molecule has 1 aromatic heterocycles. The van der Waals surface area contributed by atoms with Crippen molar-refractivity contribution in [1.29, 1.82) is 0 Å². The molecule has 104 valence electrons. The molecule has 0 aliphatic carbocycles. The summed E-state index contributed by atoms with van der Waals surface area (Å²) < 4.78 is 17.1. The summed E-state index contributed by atoms with van der Waals surface area (Å²) in [6.07, 6.45) is 1.90. The highest BCUT2D eigenvalue weighted by molar-refractivity contribution is 6.61. The highest BCUT2D eigenvalue weighted by Crippen LogP contribution is 2.31. The summed E-state index contributed by atoms with van der Waals surface area (Å²) in [4.78, 5) is 4.35. The largest absolute Gasteiger partial charge is 0.496 e. The van der Waals surface area contributed by atoms with Crippen molar-refractivity contribution in [3.63, 3.8) is 0 Å². The number of methoxy groups -OCH3 is 1. The highest BCUT2D eigenvalue weighted by atomic mass is 16.7. The lowest BCUT2D eigenvalue weighted by Gasteiger charge is -2.28. The smallest absolute Gasteiger partial charge is 0.401 e. The van der Waals surface area contributed by atoms with Gasteiger partial charge in [-0.3, -0.25) is 4.98 Å². The topological polar surface area (TPSA) is 40.6 Å². The van der Waals surface area contributed by atoms with Crippen LogP contribution in [-0.2, 0) is 20.7 Å². The van der Waals surface area contributed by atoms with E-state index in [0.717, 1.165) is 11.2 Å². The summed E-state index contributed by atoms with van der Waals surface area (Å²) in [5.74, 6) is 0.417. The van der Waals surface area contributed by atoms with E-state index in [1.54, 1.807) is 13.3 Å². The zero-order chi connectivity index (χ0) is 14.0. The van der Waals surface area contributed by atoms with Crippen molar-refractivity contribution in [2.45, 2.75) is 46.0 Å². The van der Waals surface area contributed by atoms with Gasteiger partial charge in [-0.25, -0.2) is 0 Å². The molecule has 1 aromatic rings. The molecular formula is C14H22BNO3. The van der Waals surface area contributed by atoms with Crippen molar-refractivity contribution in [2.24, 2.45) is 5.92 Å². The van der Waals surface area contributed by atoms with Gasteiger partial charge in [0.15, 0.2) is 0 Å². The van der Waals surface area contributed by atoms with Gasteiger partial charge < -0.3 is 14.0 Å². The molecular weight excluding hydrogens is 241 g/mol. The van der Waals surface area contributed by atoms with E-state index < -0.39 is 0 Å². The molecule has 0 saturated carbocycles. The van der Waals surface area contributed by atoms with Crippen molar-refractivity contribution in [3.8, 4) is 0 Å². The Kier molecular flexibility index (Phi) is 4.28. The summed E-state index contributed by atoms with van der Waals surface area (Å²) in [5, 5.41) is 0. The van der Waals surface area contributed by atoms with Crippen molar-refractivity contribution in [2.75, 3.05) is 7.11 Å². The first kappa shape index (κ1) is 14.5. The van der Waals surface area contributed by atoms with Crippen LogP contribution in [0, 0.1) is 5.92 Å². The van der Waals surface area contributed by atoms with E-state index in [0.29, 0.717) is 12.5 Å². The van der Waals surface area contributed by atoms with Gasteiger partial charge in [0.25, 0.3) is 0 Å². The van der Waals surface area contributed by atoms with Crippen molar-refractivity contribution in [1.82, 2.24) is 4.98 Å². The fourth-order valence-electron chi connectivity index (χ4n) is 2.58. The lowest BCUT2D eigenvalue weighted by Crippen LogP contribution is -2.37.